The smallest absolute Gasteiger partial charge is 0.244 e. The Morgan fingerprint density at radius 1 is 1.07 bits per heavy atom. The zero-order chi connectivity index (χ0) is 20.5. The molecule has 0 spiro atoms. The van der Waals surface area contributed by atoms with Gasteiger partial charge in [0.25, 0.3) is 0 Å². The predicted octanol–water partition coefficient (Wildman–Crippen LogP) is 2.26. The Morgan fingerprint density at radius 2 is 1.86 bits per heavy atom. The molecule has 2 amide bonds. The second-order valence-electron chi connectivity index (χ2n) is 6.47. The Balaban J connectivity index is 1.75. The fourth-order valence-electron chi connectivity index (χ4n) is 2.79. The molecule has 0 aliphatic heterocycles. The highest BCUT2D eigenvalue weighted by molar-refractivity contribution is 5.92. The highest BCUT2D eigenvalue weighted by Gasteiger charge is 2.10. The number of hydrogen-bond acceptors (Lipinski definition) is 4. The molecule has 0 bridgehead atoms. The van der Waals surface area contributed by atoms with Gasteiger partial charge in [0, 0.05) is 55.8 Å². The molecule has 7 heteroatoms. The number of rotatable bonds is 8. The van der Waals surface area contributed by atoms with E-state index in [4.69, 9.17) is 5.10 Å². The SMILES string of the molecule is CC(=O)NCCNC(=O)/C=C/c1cn(Cc2ccccc2)nc1-c1cccnc1. The van der Waals surface area contributed by atoms with Crippen LogP contribution in [0.1, 0.15) is 18.1 Å². The van der Waals surface area contributed by atoms with Gasteiger partial charge in [-0.05, 0) is 23.8 Å². The molecule has 2 aromatic heterocycles. The van der Waals surface area contributed by atoms with Gasteiger partial charge < -0.3 is 10.6 Å². The van der Waals surface area contributed by atoms with Crippen LogP contribution in [0.4, 0.5) is 0 Å². The van der Waals surface area contributed by atoms with Gasteiger partial charge in [-0.3, -0.25) is 19.3 Å². The second kappa shape index (κ2) is 9.98. The standard InChI is InChI=1S/C22H23N5O2/c1-17(28)24-12-13-25-21(29)10-9-20-16-27(15-18-6-3-2-4-7-18)26-22(20)19-8-5-11-23-14-19/h2-11,14,16H,12-13,15H2,1H3,(H,24,28)(H,25,29)/b10-9+. The molecule has 29 heavy (non-hydrogen) atoms. The van der Waals surface area contributed by atoms with E-state index in [2.05, 4.69) is 15.6 Å². The predicted molar refractivity (Wildman–Crippen MR) is 112 cm³/mol. The maximum absolute atomic E-state index is 12.1. The Morgan fingerprint density at radius 3 is 2.59 bits per heavy atom. The lowest BCUT2D eigenvalue weighted by molar-refractivity contribution is -0.119. The Bertz CT molecular complexity index is 981. The Kier molecular flexibility index (Phi) is 6.89. The van der Waals surface area contributed by atoms with Gasteiger partial charge in [0.1, 0.15) is 5.69 Å². The number of benzene rings is 1. The van der Waals surface area contributed by atoms with Gasteiger partial charge in [-0.2, -0.15) is 5.10 Å². The van der Waals surface area contributed by atoms with Gasteiger partial charge in [-0.15, -0.1) is 0 Å². The molecule has 3 aromatic rings. The molecular formula is C22H23N5O2. The van der Waals surface area contributed by atoms with Gasteiger partial charge in [-0.25, -0.2) is 0 Å². The highest BCUT2D eigenvalue weighted by Crippen LogP contribution is 2.22. The molecule has 0 fully saturated rings. The van der Waals surface area contributed by atoms with Gasteiger partial charge in [0.2, 0.25) is 11.8 Å². The van der Waals surface area contributed by atoms with Gasteiger partial charge in [-0.1, -0.05) is 30.3 Å². The molecule has 2 N–H and O–H groups in total. The maximum atomic E-state index is 12.1. The number of amides is 2. The van der Waals surface area contributed by atoms with Crippen molar-refractivity contribution in [2.75, 3.05) is 13.1 Å². The molecular weight excluding hydrogens is 366 g/mol. The Labute approximate surface area is 169 Å². The summed E-state index contributed by atoms with van der Waals surface area (Å²) in [5.41, 5.74) is 3.60. The quantitative estimate of drug-likeness (QED) is 0.457. The van der Waals surface area contributed by atoms with Crippen LogP contribution in [-0.2, 0) is 16.1 Å². The molecule has 7 nitrogen and oxygen atoms in total. The molecule has 3 rings (SSSR count). The van der Waals surface area contributed by atoms with Crippen LogP contribution in [0.15, 0.2) is 67.1 Å². The number of pyridine rings is 1. The van der Waals surface area contributed by atoms with E-state index >= 15 is 0 Å². The summed E-state index contributed by atoms with van der Waals surface area (Å²) in [5, 5.41) is 10.1. The first-order chi connectivity index (χ1) is 14.1. The summed E-state index contributed by atoms with van der Waals surface area (Å²) in [7, 11) is 0. The second-order valence-corrected chi connectivity index (χ2v) is 6.47. The van der Waals surface area contributed by atoms with Crippen molar-refractivity contribution in [3.8, 4) is 11.3 Å². The molecule has 0 saturated heterocycles. The van der Waals surface area contributed by atoms with Crippen molar-refractivity contribution >= 4 is 17.9 Å². The third-order valence-corrected chi connectivity index (χ3v) is 4.12. The van der Waals surface area contributed by atoms with Crippen LogP contribution in [0.3, 0.4) is 0 Å². The summed E-state index contributed by atoms with van der Waals surface area (Å²) in [6.45, 7) is 2.83. The topological polar surface area (TPSA) is 88.9 Å². The minimum atomic E-state index is -0.233. The molecule has 148 valence electrons. The number of aromatic nitrogens is 3. The van der Waals surface area contributed by atoms with Crippen LogP contribution in [0.25, 0.3) is 17.3 Å². The third-order valence-electron chi connectivity index (χ3n) is 4.12. The van der Waals surface area contributed by atoms with E-state index in [0.717, 1.165) is 22.4 Å². The molecule has 0 aliphatic rings. The number of hydrogen-bond donors (Lipinski definition) is 2. The Hall–Kier alpha value is -3.74. The van der Waals surface area contributed by atoms with Crippen molar-refractivity contribution in [2.45, 2.75) is 13.5 Å². The molecule has 0 radical (unpaired) electrons. The van der Waals surface area contributed by atoms with Crippen molar-refractivity contribution in [2.24, 2.45) is 0 Å². The average Bonchev–Trinajstić information content (AvgIpc) is 3.13. The summed E-state index contributed by atoms with van der Waals surface area (Å²) in [4.78, 5) is 27.1. The van der Waals surface area contributed by atoms with Crippen LogP contribution in [0.5, 0.6) is 0 Å². The van der Waals surface area contributed by atoms with E-state index in [1.807, 2.05) is 53.3 Å². The van der Waals surface area contributed by atoms with Crippen LogP contribution < -0.4 is 10.6 Å². The van der Waals surface area contributed by atoms with Crippen LogP contribution >= 0.6 is 0 Å². The number of nitrogens with zero attached hydrogens (tertiary/aromatic N) is 3. The molecule has 0 aliphatic carbocycles. The minimum absolute atomic E-state index is 0.123. The summed E-state index contributed by atoms with van der Waals surface area (Å²) < 4.78 is 1.85. The van der Waals surface area contributed by atoms with Crippen molar-refractivity contribution in [3.63, 3.8) is 0 Å². The minimum Gasteiger partial charge on any atom is -0.355 e. The first-order valence-corrected chi connectivity index (χ1v) is 9.34. The molecule has 0 unspecified atom stereocenters. The number of carbonyl (C=O) groups is 2. The van der Waals surface area contributed by atoms with Crippen molar-refractivity contribution < 1.29 is 9.59 Å². The molecule has 1 aromatic carbocycles. The lowest BCUT2D eigenvalue weighted by Gasteiger charge is -2.02. The van der Waals surface area contributed by atoms with Crippen molar-refractivity contribution in [1.82, 2.24) is 25.4 Å². The fraction of sp³-hybridized carbons (Fsp3) is 0.182. The van der Waals surface area contributed by atoms with E-state index in [0.29, 0.717) is 19.6 Å². The third kappa shape index (κ3) is 6.14. The molecule has 2 heterocycles. The molecule has 0 saturated carbocycles. The number of nitrogens with one attached hydrogen (secondary N) is 2. The summed E-state index contributed by atoms with van der Waals surface area (Å²) in [5.74, 6) is -0.356. The van der Waals surface area contributed by atoms with Gasteiger partial charge >= 0.3 is 0 Å². The first-order valence-electron chi connectivity index (χ1n) is 9.34. The lowest BCUT2D eigenvalue weighted by Crippen LogP contribution is -2.32. The average molecular weight is 389 g/mol. The van der Waals surface area contributed by atoms with Gasteiger partial charge in [0.05, 0.1) is 6.54 Å². The maximum Gasteiger partial charge on any atom is 0.244 e. The molecule has 0 atom stereocenters. The summed E-state index contributed by atoms with van der Waals surface area (Å²) >= 11 is 0. The first kappa shape index (κ1) is 20.0. The lowest BCUT2D eigenvalue weighted by atomic mass is 10.1. The fourth-order valence-corrected chi connectivity index (χ4v) is 2.79. The summed E-state index contributed by atoms with van der Waals surface area (Å²) in [6.07, 6.45) is 8.58. The summed E-state index contributed by atoms with van der Waals surface area (Å²) in [6, 6.07) is 13.8. The monoisotopic (exact) mass is 389 g/mol. The van der Waals surface area contributed by atoms with E-state index in [1.165, 1.54) is 13.0 Å². The largest absolute Gasteiger partial charge is 0.355 e. The van der Waals surface area contributed by atoms with E-state index in [1.54, 1.807) is 18.5 Å². The highest BCUT2D eigenvalue weighted by atomic mass is 16.2. The van der Waals surface area contributed by atoms with E-state index in [9.17, 15) is 9.59 Å². The zero-order valence-corrected chi connectivity index (χ0v) is 16.2. The van der Waals surface area contributed by atoms with E-state index in [-0.39, 0.29) is 11.8 Å². The van der Waals surface area contributed by atoms with Crippen LogP contribution in [-0.4, -0.2) is 39.7 Å². The normalized spacial score (nSPS) is 10.8. The van der Waals surface area contributed by atoms with Crippen molar-refractivity contribution in [3.05, 3.63) is 78.3 Å². The number of carbonyl (C=O) groups excluding carboxylic acids is 2. The van der Waals surface area contributed by atoms with Crippen molar-refractivity contribution in [1.29, 1.82) is 0 Å². The van der Waals surface area contributed by atoms with Crippen LogP contribution in [0.2, 0.25) is 0 Å². The van der Waals surface area contributed by atoms with E-state index < -0.39 is 0 Å². The zero-order valence-electron chi connectivity index (χ0n) is 16.2. The van der Waals surface area contributed by atoms with Crippen LogP contribution in [0, 0.1) is 0 Å². The van der Waals surface area contributed by atoms with Gasteiger partial charge in [0.15, 0.2) is 0 Å².